The fraction of sp³-hybridized carbons (Fsp3) is 0.0952. The number of carbonyl (C=O) groups excluding carboxylic acids is 1. The van der Waals surface area contributed by atoms with Crippen LogP contribution in [0.2, 0.25) is 0 Å². The second-order valence-electron chi connectivity index (χ2n) is 5.85. The van der Waals surface area contributed by atoms with E-state index in [1.165, 1.54) is 12.1 Å². The molecule has 0 saturated heterocycles. The van der Waals surface area contributed by atoms with Crippen LogP contribution >= 0.6 is 0 Å². The summed E-state index contributed by atoms with van der Waals surface area (Å²) >= 11 is 0. The third-order valence-electron chi connectivity index (χ3n) is 4.08. The van der Waals surface area contributed by atoms with E-state index in [9.17, 15) is 14.7 Å². The van der Waals surface area contributed by atoms with Crippen LogP contribution in [0.5, 0.6) is 0 Å². The minimum atomic E-state index is -1.12. The fourth-order valence-electron chi connectivity index (χ4n) is 2.76. The van der Waals surface area contributed by atoms with E-state index in [4.69, 9.17) is 0 Å². The molecule has 0 spiro atoms. The number of aromatic nitrogens is 1. The predicted molar refractivity (Wildman–Crippen MR) is 99.6 cm³/mol. The van der Waals surface area contributed by atoms with Crippen LogP contribution in [0, 0.1) is 0 Å². The van der Waals surface area contributed by atoms with Gasteiger partial charge in [0.25, 0.3) is 0 Å². The van der Waals surface area contributed by atoms with Crippen LogP contribution in [0.3, 0.4) is 0 Å². The molecule has 5 nitrogen and oxygen atoms in total. The van der Waals surface area contributed by atoms with Gasteiger partial charge in [-0.05, 0) is 37.3 Å². The monoisotopic (exact) mass is 346 g/mol. The Hall–Kier alpha value is -3.47. The maximum atomic E-state index is 13.0. The van der Waals surface area contributed by atoms with Crippen LogP contribution in [-0.2, 0) is 0 Å². The molecule has 3 aromatic rings. The van der Waals surface area contributed by atoms with E-state index < -0.39 is 5.97 Å². The number of hydrogen-bond acceptors (Lipinski definition) is 4. The molecule has 0 radical (unpaired) electrons. The second-order valence-corrected chi connectivity index (χ2v) is 5.85. The molecule has 2 aromatic carbocycles. The zero-order chi connectivity index (χ0) is 18.5. The molecule has 0 saturated carbocycles. The summed E-state index contributed by atoms with van der Waals surface area (Å²) in [4.78, 5) is 28.7. The molecule has 1 heterocycles. The van der Waals surface area contributed by atoms with Gasteiger partial charge in [0.1, 0.15) is 0 Å². The van der Waals surface area contributed by atoms with Crippen molar-refractivity contribution < 1.29 is 14.7 Å². The number of nitrogens with one attached hydrogen (secondary N) is 1. The number of ketones is 1. The average Bonchev–Trinajstić information content (AvgIpc) is 2.68. The van der Waals surface area contributed by atoms with Crippen molar-refractivity contribution in [2.75, 3.05) is 5.32 Å². The van der Waals surface area contributed by atoms with Crippen LogP contribution in [-0.4, -0.2) is 21.8 Å². The Morgan fingerprint density at radius 3 is 2.15 bits per heavy atom. The van der Waals surface area contributed by atoms with Gasteiger partial charge in [0.05, 0.1) is 17.3 Å². The Balaban J connectivity index is 1.95. The highest BCUT2D eigenvalue weighted by atomic mass is 16.4. The maximum absolute atomic E-state index is 13.0. The van der Waals surface area contributed by atoms with Gasteiger partial charge in [-0.2, -0.15) is 0 Å². The topological polar surface area (TPSA) is 79.3 Å². The van der Waals surface area contributed by atoms with E-state index in [2.05, 4.69) is 10.3 Å². The van der Waals surface area contributed by atoms with E-state index in [1.54, 1.807) is 36.5 Å². The van der Waals surface area contributed by atoms with Crippen molar-refractivity contribution in [1.82, 2.24) is 4.98 Å². The quantitative estimate of drug-likeness (QED) is 0.655. The number of carboxylic acids is 1. The number of anilines is 1. The van der Waals surface area contributed by atoms with Crippen LogP contribution in [0.15, 0.2) is 72.9 Å². The number of carbonyl (C=O) groups is 2. The molecular formula is C21H18N2O3. The first-order chi connectivity index (χ1) is 12.6. The molecular weight excluding hydrogens is 328 g/mol. The van der Waals surface area contributed by atoms with Crippen molar-refractivity contribution in [3.63, 3.8) is 0 Å². The van der Waals surface area contributed by atoms with E-state index in [-0.39, 0.29) is 23.0 Å². The minimum absolute atomic E-state index is 0.00919. The van der Waals surface area contributed by atoms with Gasteiger partial charge in [-0.25, -0.2) is 4.79 Å². The van der Waals surface area contributed by atoms with Crippen LogP contribution in [0.4, 0.5) is 5.69 Å². The molecule has 0 aliphatic rings. The molecule has 0 fully saturated rings. The predicted octanol–water partition coefficient (Wildman–Crippen LogP) is 4.18. The summed E-state index contributed by atoms with van der Waals surface area (Å²) in [7, 11) is 0. The number of aromatic carboxylic acids is 1. The second kappa shape index (κ2) is 7.61. The largest absolute Gasteiger partial charge is 0.478 e. The van der Waals surface area contributed by atoms with Gasteiger partial charge in [-0.1, -0.05) is 36.4 Å². The Labute approximate surface area is 151 Å². The summed E-state index contributed by atoms with van der Waals surface area (Å²) in [6.07, 6.45) is 1.72. The SMILES string of the molecule is CC(Nc1ccccc1C(=O)c1ccccc1C(=O)O)c1ccccn1. The van der Waals surface area contributed by atoms with Gasteiger partial charge < -0.3 is 10.4 Å². The van der Waals surface area contributed by atoms with Gasteiger partial charge in [0.15, 0.2) is 5.78 Å². The molecule has 0 bridgehead atoms. The number of para-hydroxylation sites is 1. The minimum Gasteiger partial charge on any atom is -0.478 e. The number of carboxylic acid groups (broad SMARTS) is 1. The summed E-state index contributed by atoms with van der Waals surface area (Å²) in [5, 5.41) is 12.6. The lowest BCUT2D eigenvalue weighted by Crippen LogP contribution is -2.14. The van der Waals surface area contributed by atoms with Crippen molar-refractivity contribution in [3.8, 4) is 0 Å². The molecule has 0 amide bonds. The van der Waals surface area contributed by atoms with Crippen LogP contribution < -0.4 is 5.32 Å². The van der Waals surface area contributed by atoms with Crippen molar-refractivity contribution >= 4 is 17.4 Å². The third kappa shape index (κ3) is 3.62. The lowest BCUT2D eigenvalue weighted by atomic mass is 9.97. The molecule has 1 unspecified atom stereocenters. The first kappa shape index (κ1) is 17.4. The lowest BCUT2D eigenvalue weighted by Gasteiger charge is -2.17. The Kier molecular flexibility index (Phi) is 5.08. The van der Waals surface area contributed by atoms with Gasteiger partial charge in [0, 0.05) is 23.0 Å². The Morgan fingerprint density at radius 2 is 1.50 bits per heavy atom. The number of rotatable bonds is 6. The molecule has 3 rings (SSSR count). The normalized spacial score (nSPS) is 11.6. The summed E-state index contributed by atoms with van der Waals surface area (Å²) in [5.74, 6) is -1.46. The maximum Gasteiger partial charge on any atom is 0.336 e. The fourth-order valence-corrected chi connectivity index (χ4v) is 2.76. The average molecular weight is 346 g/mol. The standard InChI is InChI=1S/C21H18N2O3/c1-14(18-11-6-7-13-22-18)23-19-12-5-4-10-17(19)20(24)15-8-2-3-9-16(15)21(25)26/h2-14,23H,1H3,(H,25,26). The van der Waals surface area contributed by atoms with Crippen molar-refractivity contribution in [2.24, 2.45) is 0 Å². The smallest absolute Gasteiger partial charge is 0.336 e. The van der Waals surface area contributed by atoms with Gasteiger partial charge in [-0.15, -0.1) is 0 Å². The van der Waals surface area contributed by atoms with Crippen LogP contribution in [0.1, 0.15) is 44.9 Å². The molecule has 0 aliphatic carbocycles. The van der Waals surface area contributed by atoms with Crippen molar-refractivity contribution in [1.29, 1.82) is 0 Å². The zero-order valence-corrected chi connectivity index (χ0v) is 14.2. The summed E-state index contributed by atoms with van der Waals surface area (Å²) < 4.78 is 0. The van der Waals surface area contributed by atoms with Crippen molar-refractivity contribution in [2.45, 2.75) is 13.0 Å². The number of benzene rings is 2. The highest BCUT2D eigenvalue weighted by molar-refractivity contribution is 6.16. The summed E-state index contributed by atoms with van der Waals surface area (Å²) in [5.41, 5.74) is 2.06. The number of hydrogen-bond donors (Lipinski definition) is 2. The first-order valence-corrected chi connectivity index (χ1v) is 8.21. The van der Waals surface area contributed by atoms with E-state index in [0.717, 1.165) is 5.69 Å². The van der Waals surface area contributed by atoms with Gasteiger partial charge in [0.2, 0.25) is 0 Å². The zero-order valence-electron chi connectivity index (χ0n) is 14.2. The van der Waals surface area contributed by atoms with Gasteiger partial charge >= 0.3 is 5.97 Å². The Morgan fingerprint density at radius 1 is 0.885 bits per heavy atom. The van der Waals surface area contributed by atoms with Crippen LogP contribution in [0.25, 0.3) is 0 Å². The molecule has 2 N–H and O–H groups in total. The highest BCUT2D eigenvalue weighted by Crippen LogP contribution is 2.25. The number of nitrogens with zero attached hydrogens (tertiary/aromatic N) is 1. The van der Waals surface area contributed by atoms with E-state index >= 15 is 0 Å². The molecule has 1 atom stereocenters. The summed E-state index contributed by atoms with van der Waals surface area (Å²) in [6, 6.07) is 18.8. The number of pyridine rings is 1. The lowest BCUT2D eigenvalue weighted by molar-refractivity contribution is 0.0693. The molecule has 130 valence electrons. The third-order valence-corrected chi connectivity index (χ3v) is 4.08. The summed E-state index contributed by atoms with van der Waals surface area (Å²) in [6.45, 7) is 1.95. The molecule has 5 heteroatoms. The van der Waals surface area contributed by atoms with E-state index in [0.29, 0.717) is 11.3 Å². The molecule has 0 aliphatic heterocycles. The molecule has 26 heavy (non-hydrogen) atoms. The first-order valence-electron chi connectivity index (χ1n) is 8.21. The van der Waals surface area contributed by atoms with Crippen molar-refractivity contribution in [3.05, 3.63) is 95.3 Å². The Bertz CT molecular complexity index is 939. The van der Waals surface area contributed by atoms with Gasteiger partial charge in [-0.3, -0.25) is 9.78 Å². The van der Waals surface area contributed by atoms with E-state index in [1.807, 2.05) is 31.2 Å². The highest BCUT2D eigenvalue weighted by Gasteiger charge is 2.20. The molecule has 1 aromatic heterocycles.